The zero-order valence-electron chi connectivity index (χ0n) is 12.1. The van der Waals surface area contributed by atoms with E-state index >= 15 is 0 Å². The third-order valence-electron chi connectivity index (χ3n) is 4.12. The summed E-state index contributed by atoms with van der Waals surface area (Å²) in [6.07, 6.45) is 2.13. The molecule has 1 saturated carbocycles. The van der Waals surface area contributed by atoms with Gasteiger partial charge < -0.3 is 9.88 Å². The topological polar surface area (TPSA) is 51.1 Å². The van der Waals surface area contributed by atoms with Gasteiger partial charge in [-0.15, -0.1) is 0 Å². The monoisotopic (exact) mass is 292 g/mol. The summed E-state index contributed by atoms with van der Waals surface area (Å²) >= 11 is 0. The second-order valence-electron chi connectivity index (χ2n) is 5.79. The summed E-state index contributed by atoms with van der Waals surface area (Å²) in [6.45, 7) is 0.234. The SMILES string of the molecule is O=C(Cn1c2ccccc2c(=O)c2ccccc21)NC1CC1. The third-order valence-corrected chi connectivity index (χ3v) is 4.12. The number of rotatable bonds is 3. The molecule has 1 N–H and O–H groups in total. The second kappa shape index (κ2) is 4.98. The lowest BCUT2D eigenvalue weighted by molar-refractivity contribution is -0.121. The van der Waals surface area contributed by atoms with Crippen LogP contribution < -0.4 is 10.7 Å². The Morgan fingerprint density at radius 2 is 1.55 bits per heavy atom. The quantitative estimate of drug-likeness (QED) is 0.754. The van der Waals surface area contributed by atoms with Gasteiger partial charge in [-0.1, -0.05) is 24.3 Å². The van der Waals surface area contributed by atoms with Gasteiger partial charge in [-0.05, 0) is 37.1 Å². The highest BCUT2D eigenvalue weighted by Gasteiger charge is 2.23. The van der Waals surface area contributed by atoms with Crippen molar-refractivity contribution < 1.29 is 4.79 Å². The maximum Gasteiger partial charge on any atom is 0.240 e. The molecular weight excluding hydrogens is 276 g/mol. The van der Waals surface area contributed by atoms with Crippen molar-refractivity contribution in [3.05, 3.63) is 58.8 Å². The van der Waals surface area contributed by atoms with Gasteiger partial charge in [0, 0.05) is 16.8 Å². The fourth-order valence-corrected chi connectivity index (χ4v) is 2.89. The molecule has 0 atom stereocenters. The van der Waals surface area contributed by atoms with Crippen molar-refractivity contribution >= 4 is 27.7 Å². The Hall–Kier alpha value is -2.62. The lowest BCUT2D eigenvalue weighted by Crippen LogP contribution is -2.30. The van der Waals surface area contributed by atoms with E-state index in [9.17, 15) is 9.59 Å². The van der Waals surface area contributed by atoms with Crippen molar-refractivity contribution in [3.63, 3.8) is 0 Å². The minimum absolute atomic E-state index is 0.00135. The first-order valence-corrected chi connectivity index (χ1v) is 7.54. The number of benzene rings is 2. The lowest BCUT2D eigenvalue weighted by atomic mass is 10.1. The predicted octanol–water partition coefficient (Wildman–Crippen LogP) is 2.43. The summed E-state index contributed by atoms with van der Waals surface area (Å²) in [5, 5.41) is 4.31. The maximum atomic E-state index is 12.6. The summed E-state index contributed by atoms with van der Waals surface area (Å²) < 4.78 is 1.93. The normalized spacial score (nSPS) is 14.4. The molecule has 0 radical (unpaired) electrons. The Balaban J connectivity index is 1.94. The summed E-state index contributed by atoms with van der Waals surface area (Å²) in [5.41, 5.74) is 1.62. The molecule has 22 heavy (non-hydrogen) atoms. The fraction of sp³-hybridized carbons (Fsp3) is 0.222. The fourth-order valence-electron chi connectivity index (χ4n) is 2.89. The van der Waals surface area contributed by atoms with Crippen molar-refractivity contribution in [1.29, 1.82) is 0 Å². The van der Waals surface area contributed by atoms with Crippen LogP contribution in [-0.4, -0.2) is 16.5 Å². The summed E-state index contributed by atoms with van der Waals surface area (Å²) in [7, 11) is 0. The largest absolute Gasteiger partial charge is 0.352 e. The standard InChI is InChI=1S/C18H16N2O2/c21-17(19-12-9-10-12)11-20-15-7-3-1-5-13(15)18(22)14-6-2-4-8-16(14)20/h1-8,12H,9-11H2,(H,19,21). The number of para-hydroxylation sites is 2. The first kappa shape index (κ1) is 13.1. The zero-order chi connectivity index (χ0) is 15.1. The van der Waals surface area contributed by atoms with E-state index in [4.69, 9.17) is 0 Å². The van der Waals surface area contributed by atoms with Gasteiger partial charge in [0.1, 0.15) is 6.54 Å². The number of hydrogen-bond donors (Lipinski definition) is 1. The number of hydrogen-bond acceptors (Lipinski definition) is 2. The van der Waals surface area contributed by atoms with Crippen molar-refractivity contribution in [2.45, 2.75) is 25.4 Å². The Morgan fingerprint density at radius 1 is 1.00 bits per heavy atom. The molecule has 1 heterocycles. The minimum Gasteiger partial charge on any atom is -0.352 e. The molecule has 0 bridgehead atoms. The van der Waals surface area contributed by atoms with Gasteiger partial charge in [-0.2, -0.15) is 0 Å². The van der Waals surface area contributed by atoms with E-state index < -0.39 is 0 Å². The van der Waals surface area contributed by atoms with Crippen LogP contribution in [0.4, 0.5) is 0 Å². The molecule has 4 heteroatoms. The molecule has 4 nitrogen and oxygen atoms in total. The number of nitrogens with zero attached hydrogens (tertiary/aromatic N) is 1. The van der Waals surface area contributed by atoms with Gasteiger partial charge in [-0.3, -0.25) is 9.59 Å². The molecule has 1 fully saturated rings. The van der Waals surface area contributed by atoms with Crippen LogP contribution in [0.5, 0.6) is 0 Å². The minimum atomic E-state index is 0.00135. The molecule has 0 unspecified atom stereocenters. The molecule has 2 aromatic carbocycles. The van der Waals surface area contributed by atoms with Crippen molar-refractivity contribution in [2.24, 2.45) is 0 Å². The van der Waals surface area contributed by atoms with Gasteiger partial charge in [-0.25, -0.2) is 0 Å². The number of carbonyl (C=O) groups is 1. The average molecular weight is 292 g/mol. The first-order chi connectivity index (χ1) is 10.7. The summed E-state index contributed by atoms with van der Waals surface area (Å²) in [5.74, 6) is 0.00135. The molecule has 110 valence electrons. The molecule has 3 aromatic rings. The van der Waals surface area contributed by atoms with E-state index in [0.717, 1.165) is 23.9 Å². The predicted molar refractivity (Wildman–Crippen MR) is 86.9 cm³/mol. The van der Waals surface area contributed by atoms with Crippen molar-refractivity contribution in [3.8, 4) is 0 Å². The zero-order valence-corrected chi connectivity index (χ0v) is 12.1. The van der Waals surface area contributed by atoms with Crippen LogP contribution in [0.15, 0.2) is 53.3 Å². The average Bonchev–Trinajstić information content (AvgIpc) is 3.35. The van der Waals surface area contributed by atoms with Crippen LogP contribution in [0.2, 0.25) is 0 Å². The van der Waals surface area contributed by atoms with E-state index in [2.05, 4.69) is 5.32 Å². The van der Waals surface area contributed by atoms with Crippen LogP contribution in [-0.2, 0) is 11.3 Å². The molecule has 1 amide bonds. The van der Waals surface area contributed by atoms with Crippen LogP contribution >= 0.6 is 0 Å². The van der Waals surface area contributed by atoms with E-state index in [-0.39, 0.29) is 17.9 Å². The molecule has 1 aliphatic rings. The first-order valence-electron chi connectivity index (χ1n) is 7.54. The van der Waals surface area contributed by atoms with Crippen molar-refractivity contribution in [2.75, 3.05) is 0 Å². The van der Waals surface area contributed by atoms with Crippen LogP contribution in [0.25, 0.3) is 21.8 Å². The number of aromatic nitrogens is 1. The van der Waals surface area contributed by atoms with Gasteiger partial charge in [0.2, 0.25) is 5.91 Å². The number of amides is 1. The Labute approximate surface area is 127 Å². The molecule has 0 aliphatic heterocycles. The number of fused-ring (bicyclic) bond motifs is 2. The highest BCUT2D eigenvalue weighted by atomic mass is 16.2. The van der Waals surface area contributed by atoms with Gasteiger partial charge in [0.05, 0.1) is 11.0 Å². The maximum absolute atomic E-state index is 12.6. The molecule has 0 spiro atoms. The van der Waals surface area contributed by atoms with E-state index in [0.29, 0.717) is 16.8 Å². The molecule has 1 aromatic heterocycles. The van der Waals surface area contributed by atoms with Gasteiger partial charge >= 0.3 is 0 Å². The Kier molecular flexibility index (Phi) is 2.96. The van der Waals surface area contributed by atoms with Crippen LogP contribution in [0.1, 0.15) is 12.8 Å². The van der Waals surface area contributed by atoms with Gasteiger partial charge in [0.25, 0.3) is 0 Å². The molecule has 0 saturated heterocycles. The van der Waals surface area contributed by atoms with Crippen LogP contribution in [0.3, 0.4) is 0 Å². The highest BCUT2D eigenvalue weighted by molar-refractivity contribution is 5.94. The summed E-state index contributed by atoms with van der Waals surface area (Å²) in [4.78, 5) is 24.8. The Bertz CT molecular complexity index is 879. The second-order valence-corrected chi connectivity index (χ2v) is 5.79. The third kappa shape index (κ3) is 2.17. The lowest BCUT2D eigenvalue weighted by Gasteiger charge is -2.14. The van der Waals surface area contributed by atoms with Crippen molar-refractivity contribution in [1.82, 2.24) is 9.88 Å². The van der Waals surface area contributed by atoms with E-state index in [1.54, 1.807) is 0 Å². The molecular formula is C18H16N2O2. The van der Waals surface area contributed by atoms with E-state index in [1.807, 2.05) is 53.1 Å². The molecule has 1 aliphatic carbocycles. The van der Waals surface area contributed by atoms with E-state index in [1.165, 1.54) is 0 Å². The number of pyridine rings is 1. The molecule has 4 rings (SSSR count). The number of nitrogens with one attached hydrogen (secondary N) is 1. The number of carbonyl (C=O) groups excluding carboxylic acids is 1. The smallest absolute Gasteiger partial charge is 0.240 e. The van der Waals surface area contributed by atoms with Gasteiger partial charge in [0.15, 0.2) is 5.43 Å². The highest BCUT2D eigenvalue weighted by Crippen LogP contribution is 2.21. The summed E-state index contributed by atoms with van der Waals surface area (Å²) in [6, 6.07) is 15.3. The van der Waals surface area contributed by atoms with Crippen LogP contribution in [0, 0.1) is 0 Å². The Morgan fingerprint density at radius 3 is 2.09 bits per heavy atom.